The van der Waals surface area contributed by atoms with Crippen molar-refractivity contribution in [2.24, 2.45) is 0 Å². The van der Waals surface area contributed by atoms with Gasteiger partial charge in [-0.1, -0.05) is 30.3 Å². The second kappa shape index (κ2) is 7.89. The summed E-state index contributed by atoms with van der Waals surface area (Å²) in [5.74, 6) is 0.259. The molecule has 0 spiro atoms. The molecule has 2 aliphatic rings. The smallest absolute Gasteiger partial charge is 0.338 e. The van der Waals surface area contributed by atoms with Gasteiger partial charge in [-0.05, 0) is 49.4 Å². The number of ether oxygens (including phenoxy) is 1. The third kappa shape index (κ3) is 3.52. The van der Waals surface area contributed by atoms with Crippen LogP contribution in [0.25, 0.3) is 33.4 Å². The zero-order valence-corrected chi connectivity index (χ0v) is 16.4. The van der Waals surface area contributed by atoms with E-state index in [1.165, 1.54) is 0 Å². The van der Waals surface area contributed by atoms with E-state index in [9.17, 15) is 4.79 Å². The summed E-state index contributed by atoms with van der Waals surface area (Å²) in [7, 11) is 1.90. The van der Waals surface area contributed by atoms with Gasteiger partial charge in [-0.2, -0.15) is 0 Å². The van der Waals surface area contributed by atoms with Crippen LogP contribution >= 0.6 is 0 Å². The number of fused-ring (bicyclic) bond motifs is 2. The van der Waals surface area contributed by atoms with Gasteiger partial charge < -0.3 is 19.9 Å². The van der Waals surface area contributed by atoms with Gasteiger partial charge in [0.25, 0.3) is 0 Å². The van der Waals surface area contributed by atoms with Gasteiger partial charge >= 0.3 is 5.97 Å². The van der Waals surface area contributed by atoms with E-state index in [0.29, 0.717) is 28.9 Å². The molecule has 0 aromatic heterocycles. The van der Waals surface area contributed by atoms with E-state index >= 15 is 0 Å². The number of hydrogen-bond donors (Lipinski definition) is 2. The predicted molar refractivity (Wildman–Crippen MR) is 113 cm³/mol. The van der Waals surface area contributed by atoms with Crippen LogP contribution in [0.2, 0.25) is 0 Å². The molecule has 5 nitrogen and oxygen atoms in total. The molecular weight excluding hydrogens is 364 g/mol. The standard InChI is InChI=1S/C24H22N2O3/c1-3-28-24(27)18-7-5-4-6-17(18)23-19-10-8-15(14-26-2)12-21(19)29-22-13-16(25)9-11-20(22)23/h4-13,25-26H,3,14H2,1-2H3. The fourth-order valence-electron chi connectivity index (χ4n) is 3.63. The maximum atomic E-state index is 12.6. The molecule has 1 aliphatic heterocycles. The first-order valence-corrected chi connectivity index (χ1v) is 9.57. The highest BCUT2D eigenvalue weighted by molar-refractivity contribution is 6.07. The van der Waals surface area contributed by atoms with Crippen molar-refractivity contribution in [1.29, 1.82) is 5.41 Å². The Morgan fingerprint density at radius 2 is 1.90 bits per heavy atom. The Hall–Kier alpha value is -3.44. The SMILES string of the molecule is CCOC(=O)c1ccccc1-c1c2ccc(=N)cc-2oc2cc(CNC)ccc12. The number of benzene rings is 3. The Labute approximate surface area is 168 Å². The van der Waals surface area contributed by atoms with E-state index in [1.807, 2.05) is 43.4 Å². The van der Waals surface area contributed by atoms with Crippen molar-refractivity contribution in [2.45, 2.75) is 13.5 Å². The maximum Gasteiger partial charge on any atom is 0.338 e. The van der Waals surface area contributed by atoms with Crippen molar-refractivity contribution in [3.63, 3.8) is 0 Å². The number of nitrogens with one attached hydrogen (secondary N) is 2. The third-order valence-corrected chi connectivity index (χ3v) is 4.86. The molecule has 29 heavy (non-hydrogen) atoms. The monoisotopic (exact) mass is 386 g/mol. The van der Waals surface area contributed by atoms with Crippen LogP contribution in [0.5, 0.6) is 0 Å². The first kappa shape index (κ1) is 18.9. The minimum Gasteiger partial charge on any atom is -0.462 e. The Morgan fingerprint density at radius 3 is 2.69 bits per heavy atom. The summed E-state index contributed by atoms with van der Waals surface area (Å²) in [6.07, 6.45) is 0. The molecule has 0 atom stereocenters. The van der Waals surface area contributed by atoms with Gasteiger partial charge in [-0.3, -0.25) is 0 Å². The fourth-order valence-corrected chi connectivity index (χ4v) is 3.63. The Bertz CT molecular complexity index is 1230. The van der Waals surface area contributed by atoms with Crippen LogP contribution in [0.1, 0.15) is 22.8 Å². The molecule has 4 rings (SSSR count). The van der Waals surface area contributed by atoms with Gasteiger partial charge in [-0.25, -0.2) is 4.79 Å². The highest BCUT2D eigenvalue weighted by Gasteiger charge is 2.21. The minimum atomic E-state index is -0.353. The molecule has 5 heteroatoms. The summed E-state index contributed by atoms with van der Waals surface area (Å²) < 4.78 is 11.4. The molecule has 0 bridgehead atoms. The van der Waals surface area contributed by atoms with Crippen LogP contribution in [-0.4, -0.2) is 19.6 Å². The van der Waals surface area contributed by atoms with Crippen LogP contribution in [0.4, 0.5) is 0 Å². The lowest BCUT2D eigenvalue weighted by Crippen LogP contribution is -2.08. The topological polar surface area (TPSA) is 75.3 Å². The van der Waals surface area contributed by atoms with Crippen molar-refractivity contribution >= 4 is 16.9 Å². The van der Waals surface area contributed by atoms with Crippen LogP contribution in [0, 0.1) is 5.41 Å². The maximum absolute atomic E-state index is 12.6. The molecule has 0 saturated carbocycles. The van der Waals surface area contributed by atoms with Gasteiger partial charge in [0.15, 0.2) is 0 Å². The van der Waals surface area contributed by atoms with Crippen LogP contribution in [-0.2, 0) is 11.3 Å². The Morgan fingerprint density at radius 1 is 1.07 bits per heavy atom. The van der Waals surface area contributed by atoms with Crippen molar-refractivity contribution in [1.82, 2.24) is 5.32 Å². The number of esters is 1. The van der Waals surface area contributed by atoms with E-state index < -0.39 is 0 Å². The molecule has 1 heterocycles. The van der Waals surface area contributed by atoms with Crippen molar-refractivity contribution < 1.29 is 13.9 Å². The average Bonchev–Trinajstić information content (AvgIpc) is 2.72. The minimum absolute atomic E-state index is 0.314. The van der Waals surface area contributed by atoms with Gasteiger partial charge in [-0.15, -0.1) is 0 Å². The molecule has 0 fully saturated rings. The normalized spacial score (nSPS) is 11.1. The number of hydrogen-bond acceptors (Lipinski definition) is 5. The molecule has 0 amide bonds. The van der Waals surface area contributed by atoms with Gasteiger partial charge in [0, 0.05) is 29.1 Å². The highest BCUT2D eigenvalue weighted by atomic mass is 16.5. The first-order chi connectivity index (χ1) is 14.1. The molecule has 2 aromatic carbocycles. The molecule has 2 aromatic rings. The molecule has 0 unspecified atom stereocenters. The second-order valence-electron chi connectivity index (χ2n) is 6.81. The summed E-state index contributed by atoms with van der Waals surface area (Å²) >= 11 is 0. The van der Waals surface area contributed by atoms with E-state index in [0.717, 1.165) is 34.2 Å². The quantitative estimate of drug-likeness (QED) is 0.389. The fraction of sp³-hybridized carbons (Fsp3) is 0.167. The van der Waals surface area contributed by atoms with E-state index in [2.05, 4.69) is 11.4 Å². The molecule has 0 saturated heterocycles. The molecule has 146 valence electrons. The highest BCUT2D eigenvalue weighted by Crippen LogP contribution is 2.41. The van der Waals surface area contributed by atoms with Gasteiger partial charge in [0.05, 0.1) is 17.5 Å². The van der Waals surface area contributed by atoms with Crippen LogP contribution in [0.3, 0.4) is 0 Å². The van der Waals surface area contributed by atoms with Gasteiger partial charge in [0.1, 0.15) is 11.3 Å². The molecule has 1 aliphatic carbocycles. The van der Waals surface area contributed by atoms with Crippen LogP contribution in [0.15, 0.2) is 65.1 Å². The molecule has 2 N–H and O–H groups in total. The third-order valence-electron chi connectivity index (χ3n) is 4.86. The lowest BCUT2D eigenvalue weighted by atomic mass is 9.90. The number of carbonyl (C=O) groups excluding carboxylic acids is 1. The summed E-state index contributed by atoms with van der Waals surface area (Å²) in [4.78, 5) is 12.6. The van der Waals surface area contributed by atoms with Crippen molar-refractivity contribution in [3.05, 3.63) is 77.1 Å². The average molecular weight is 386 g/mol. The van der Waals surface area contributed by atoms with Crippen LogP contribution < -0.4 is 10.7 Å². The Balaban J connectivity index is 2.08. The first-order valence-electron chi connectivity index (χ1n) is 9.57. The van der Waals surface area contributed by atoms with Crippen molar-refractivity contribution in [2.75, 3.05) is 13.7 Å². The summed E-state index contributed by atoms with van der Waals surface area (Å²) in [6, 6.07) is 18.8. The Kier molecular flexibility index (Phi) is 5.14. The zero-order chi connectivity index (χ0) is 20.4. The zero-order valence-electron chi connectivity index (χ0n) is 16.4. The largest absolute Gasteiger partial charge is 0.462 e. The number of rotatable bonds is 5. The second-order valence-corrected chi connectivity index (χ2v) is 6.81. The summed E-state index contributed by atoms with van der Waals surface area (Å²) in [6.45, 7) is 2.83. The lowest BCUT2D eigenvalue weighted by Gasteiger charge is -2.18. The molecular formula is C24H22N2O3. The van der Waals surface area contributed by atoms with Crippen molar-refractivity contribution in [3.8, 4) is 22.5 Å². The number of carbonyl (C=O) groups is 1. The predicted octanol–water partition coefficient (Wildman–Crippen LogP) is 4.58. The lowest BCUT2D eigenvalue weighted by molar-refractivity contribution is 0.0527. The van der Waals surface area contributed by atoms with Gasteiger partial charge in [0.2, 0.25) is 0 Å². The summed E-state index contributed by atoms with van der Waals surface area (Å²) in [5.41, 5.74) is 4.86. The summed E-state index contributed by atoms with van der Waals surface area (Å²) in [5, 5.41) is 12.4. The molecule has 0 radical (unpaired) electrons. The van der Waals surface area contributed by atoms with E-state index in [4.69, 9.17) is 14.6 Å². The van der Waals surface area contributed by atoms with E-state index in [-0.39, 0.29) is 5.97 Å². The van der Waals surface area contributed by atoms with E-state index in [1.54, 1.807) is 25.1 Å².